The highest BCUT2D eigenvalue weighted by atomic mass is 16.4. The van der Waals surface area contributed by atoms with Gasteiger partial charge < -0.3 is 32.5 Å². The number of benzene rings is 1. The van der Waals surface area contributed by atoms with Crippen molar-refractivity contribution in [3.63, 3.8) is 0 Å². The third kappa shape index (κ3) is 7.68. The molecule has 10 heteroatoms. The molecule has 0 fully saturated rings. The quantitative estimate of drug-likeness (QED) is 0.161. The van der Waals surface area contributed by atoms with Crippen molar-refractivity contribution in [1.82, 2.24) is 16.0 Å². The van der Waals surface area contributed by atoms with Gasteiger partial charge in [0.1, 0.15) is 6.04 Å². The Hall–Kier alpha value is -3.30. The van der Waals surface area contributed by atoms with E-state index in [0.717, 1.165) is 5.56 Å². The van der Waals surface area contributed by atoms with Gasteiger partial charge >= 0.3 is 5.97 Å². The number of hydrogen-bond acceptors (Lipinski definition) is 4. The van der Waals surface area contributed by atoms with Crippen LogP contribution in [0.4, 0.5) is 0 Å². The highest BCUT2D eigenvalue weighted by Gasteiger charge is 2.20. The molecular weight excluding hydrogens is 326 g/mol. The lowest BCUT2D eigenvalue weighted by atomic mass is 10.1. The van der Waals surface area contributed by atoms with Crippen molar-refractivity contribution in [2.75, 3.05) is 6.54 Å². The molecule has 1 aromatic rings. The number of rotatable bonds is 9. The highest BCUT2D eigenvalue weighted by Crippen LogP contribution is 2.06. The number of aliphatic carboxylic acids is 1. The van der Waals surface area contributed by atoms with Gasteiger partial charge in [-0.15, -0.1) is 0 Å². The maximum atomic E-state index is 12.2. The zero-order valence-electron chi connectivity index (χ0n) is 13.6. The molecule has 0 radical (unpaired) electrons. The average Bonchev–Trinajstić information content (AvgIpc) is 2.55. The SMILES string of the molecule is N=C(N)NCCCC(NC(=O)c1ccc(CNC(=N)N)cc1)C(=O)O. The molecule has 0 bridgehead atoms. The van der Waals surface area contributed by atoms with Gasteiger partial charge in [-0.1, -0.05) is 12.1 Å². The zero-order valence-corrected chi connectivity index (χ0v) is 13.6. The lowest BCUT2D eigenvalue weighted by molar-refractivity contribution is -0.139. The monoisotopic (exact) mass is 349 g/mol. The summed E-state index contributed by atoms with van der Waals surface area (Å²) in [5, 5.41) is 31.0. The summed E-state index contributed by atoms with van der Waals surface area (Å²) in [6.07, 6.45) is 0.647. The number of carboxylic acids is 1. The Morgan fingerprint density at radius 2 is 1.68 bits per heavy atom. The second-order valence-electron chi connectivity index (χ2n) is 5.31. The number of guanidine groups is 2. The third-order valence-electron chi connectivity index (χ3n) is 3.29. The molecular formula is C15H23N7O3. The second-order valence-corrected chi connectivity index (χ2v) is 5.31. The molecule has 136 valence electrons. The highest BCUT2D eigenvalue weighted by molar-refractivity contribution is 5.96. The molecule has 1 amide bonds. The predicted octanol–water partition coefficient (Wildman–Crippen LogP) is -0.884. The molecule has 1 unspecified atom stereocenters. The molecule has 25 heavy (non-hydrogen) atoms. The van der Waals surface area contributed by atoms with Gasteiger partial charge in [0.2, 0.25) is 0 Å². The second kappa shape index (κ2) is 9.75. The van der Waals surface area contributed by atoms with Crippen molar-refractivity contribution in [1.29, 1.82) is 10.8 Å². The van der Waals surface area contributed by atoms with Crippen molar-refractivity contribution in [2.45, 2.75) is 25.4 Å². The molecule has 0 aliphatic heterocycles. The van der Waals surface area contributed by atoms with E-state index in [2.05, 4.69) is 16.0 Å². The summed E-state index contributed by atoms with van der Waals surface area (Å²) < 4.78 is 0. The van der Waals surface area contributed by atoms with Gasteiger partial charge in [-0.25, -0.2) is 4.79 Å². The summed E-state index contributed by atoms with van der Waals surface area (Å²) in [6, 6.07) is 5.50. The molecule has 1 aromatic carbocycles. The van der Waals surface area contributed by atoms with Gasteiger partial charge in [0, 0.05) is 18.7 Å². The first-order valence-corrected chi connectivity index (χ1v) is 7.58. The first kappa shape index (κ1) is 19.7. The van der Waals surface area contributed by atoms with E-state index < -0.39 is 17.9 Å². The Morgan fingerprint density at radius 3 is 2.20 bits per heavy atom. The van der Waals surface area contributed by atoms with Crippen molar-refractivity contribution in [3.05, 3.63) is 35.4 Å². The Bertz CT molecular complexity index is 631. The van der Waals surface area contributed by atoms with E-state index in [9.17, 15) is 14.7 Å². The average molecular weight is 349 g/mol. The number of carbonyl (C=O) groups is 2. The minimum atomic E-state index is -1.13. The van der Waals surface area contributed by atoms with Crippen molar-refractivity contribution in [3.8, 4) is 0 Å². The summed E-state index contributed by atoms with van der Waals surface area (Å²) in [4.78, 5) is 23.4. The Kier molecular flexibility index (Phi) is 7.70. The Morgan fingerprint density at radius 1 is 1.08 bits per heavy atom. The standard InChI is InChI=1S/C15H23N7O3/c16-14(17)20-7-1-2-11(13(24)25)22-12(23)10-5-3-9(4-6-10)8-21-15(18)19/h3-6,11H,1-2,7-8H2,(H,22,23)(H,24,25)(H4,16,17,20)(H4,18,19,21). The number of hydrogen-bond donors (Lipinski definition) is 8. The lowest BCUT2D eigenvalue weighted by Gasteiger charge is -2.15. The van der Waals surface area contributed by atoms with Crippen molar-refractivity contribution in [2.24, 2.45) is 11.5 Å². The van der Waals surface area contributed by atoms with E-state index in [1.165, 1.54) is 0 Å². The molecule has 10 nitrogen and oxygen atoms in total. The number of nitrogens with two attached hydrogens (primary N) is 2. The van der Waals surface area contributed by atoms with E-state index in [4.69, 9.17) is 22.3 Å². The minimum Gasteiger partial charge on any atom is -0.480 e. The van der Waals surface area contributed by atoms with Gasteiger partial charge in [-0.2, -0.15) is 0 Å². The van der Waals surface area contributed by atoms with E-state index >= 15 is 0 Å². The van der Waals surface area contributed by atoms with Gasteiger partial charge in [-0.3, -0.25) is 15.6 Å². The number of amides is 1. The molecule has 0 heterocycles. The summed E-state index contributed by atoms with van der Waals surface area (Å²) >= 11 is 0. The van der Waals surface area contributed by atoms with E-state index in [1.807, 2.05) is 0 Å². The van der Waals surface area contributed by atoms with Crippen LogP contribution in [0.25, 0.3) is 0 Å². The number of nitrogens with one attached hydrogen (secondary N) is 5. The minimum absolute atomic E-state index is 0.148. The molecule has 0 saturated heterocycles. The Balaban J connectivity index is 2.56. The molecule has 0 aliphatic carbocycles. The van der Waals surface area contributed by atoms with E-state index in [-0.39, 0.29) is 18.3 Å². The van der Waals surface area contributed by atoms with Crippen LogP contribution < -0.4 is 27.4 Å². The van der Waals surface area contributed by atoms with Crippen LogP contribution in [0.15, 0.2) is 24.3 Å². The number of carboxylic acid groups (broad SMARTS) is 1. The summed E-state index contributed by atoms with van der Waals surface area (Å²) in [7, 11) is 0. The van der Waals surface area contributed by atoms with Crippen LogP contribution in [-0.4, -0.2) is 41.5 Å². The third-order valence-corrected chi connectivity index (χ3v) is 3.29. The lowest BCUT2D eigenvalue weighted by Crippen LogP contribution is -2.41. The number of carbonyl (C=O) groups excluding carboxylic acids is 1. The van der Waals surface area contributed by atoms with Crippen LogP contribution >= 0.6 is 0 Å². The molecule has 10 N–H and O–H groups in total. The van der Waals surface area contributed by atoms with Gasteiger partial charge in [-0.05, 0) is 30.5 Å². The molecule has 1 rings (SSSR count). The fourth-order valence-electron chi connectivity index (χ4n) is 2.00. The van der Waals surface area contributed by atoms with Crippen LogP contribution in [0.2, 0.25) is 0 Å². The molecule has 0 spiro atoms. The Labute approximate surface area is 145 Å². The normalized spacial score (nSPS) is 11.2. The molecule has 0 aliphatic rings. The largest absolute Gasteiger partial charge is 0.480 e. The fourth-order valence-corrected chi connectivity index (χ4v) is 2.00. The molecule has 0 saturated carbocycles. The summed E-state index contributed by atoms with van der Waals surface area (Å²) in [6.45, 7) is 0.713. The van der Waals surface area contributed by atoms with Crippen molar-refractivity contribution < 1.29 is 14.7 Å². The maximum Gasteiger partial charge on any atom is 0.326 e. The van der Waals surface area contributed by atoms with E-state index in [1.54, 1.807) is 24.3 Å². The molecule has 1 atom stereocenters. The maximum absolute atomic E-state index is 12.2. The smallest absolute Gasteiger partial charge is 0.326 e. The van der Waals surface area contributed by atoms with Gasteiger partial charge in [0.15, 0.2) is 11.9 Å². The van der Waals surface area contributed by atoms with Crippen LogP contribution in [0.3, 0.4) is 0 Å². The van der Waals surface area contributed by atoms with Gasteiger partial charge in [0.25, 0.3) is 5.91 Å². The van der Waals surface area contributed by atoms with Gasteiger partial charge in [0.05, 0.1) is 0 Å². The molecule has 0 aromatic heterocycles. The van der Waals surface area contributed by atoms with Crippen LogP contribution in [0, 0.1) is 10.8 Å². The summed E-state index contributed by atoms with van der Waals surface area (Å²) in [5.74, 6) is -1.95. The van der Waals surface area contributed by atoms with Crippen LogP contribution in [0.5, 0.6) is 0 Å². The van der Waals surface area contributed by atoms with Crippen molar-refractivity contribution >= 4 is 23.8 Å². The summed E-state index contributed by atoms with van der Waals surface area (Å²) in [5.41, 5.74) is 11.5. The first-order chi connectivity index (χ1) is 11.8. The topological polar surface area (TPSA) is 190 Å². The van der Waals surface area contributed by atoms with Crippen LogP contribution in [0.1, 0.15) is 28.8 Å². The van der Waals surface area contributed by atoms with E-state index in [0.29, 0.717) is 25.1 Å². The predicted molar refractivity (Wildman–Crippen MR) is 93.2 cm³/mol. The van der Waals surface area contributed by atoms with Crippen LogP contribution in [-0.2, 0) is 11.3 Å². The zero-order chi connectivity index (χ0) is 18.8. The first-order valence-electron chi connectivity index (χ1n) is 7.58. The fraction of sp³-hybridized carbons (Fsp3) is 0.333.